The molecular weight excluding hydrogens is 206 g/mol. The molecule has 3 N–H and O–H groups in total. The Hall–Kier alpha value is -1.46. The molecule has 1 aliphatic heterocycles. The van der Waals surface area contributed by atoms with Gasteiger partial charge < -0.3 is 15.7 Å². The average molecular weight is 221 g/mol. The summed E-state index contributed by atoms with van der Waals surface area (Å²) in [5.41, 5.74) is 6.75. The van der Waals surface area contributed by atoms with E-state index in [4.69, 9.17) is 5.73 Å². The minimum atomic E-state index is -0.389. The number of aromatic nitrogens is 1. The molecule has 0 spiro atoms. The zero-order valence-corrected chi connectivity index (χ0v) is 8.97. The second-order valence-electron chi connectivity index (χ2n) is 3.93. The number of rotatable bonds is 2. The number of aliphatic hydroxyl groups is 1. The molecule has 1 fully saturated rings. The monoisotopic (exact) mass is 221 g/mol. The lowest BCUT2D eigenvalue weighted by Gasteiger charge is -2.15. The first-order valence-electron chi connectivity index (χ1n) is 5.33. The number of β-amino-alcohol motifs (C(OH)–C–C–N with tert-alkyl or cyclic N) is 1. The Morgan fingerprint density at radius 1 is 1.69 bits per heavy atom. The predicted octanol–water partition coefficient (Wildman–Crippen LogP) is -0.253. The molecule has 2 heterocycles. The number of amides is 1. The maximum atomic E-state index is 12.0. The van der Waals surface area contributed by atoms with E-state index in [1.807, 2.05) is 0 Å². The molecule has 1 aromatic rings. The summed E-state index contributed by atoms with van der Waals surface area (Å²) >= 11 is 0. The van der Waals surface area contributed by atoms with Crippen LogP contribution < -0.4 is 5.73 Å². The van der Waals surface area contributed by atoms with Crippen molar-refractivity contribution >= 4 is 5.91 Å². The largest absolute Gasteiger partial charge is 0.391 e. The maximum Gasteiger partial charge on any atom is 0.254 e. The van der Waals surface area contributed by atoms with Crippen molar-refractivity contribution < 1.29 is 9.90 Å². The van der Waals surface area contributed by atoms with Gasteiger partial charge in [0.05, 0.1) is 11.8 Å². The second kappa shape index (κ2) is 4.59. The highest BCUT2D eigenvalue weighted by atomic mass is 16.3. The van der Waals surface area contributed by atoms with Gasteiger partial charge in [0.2, 0.25) is 0 Å². The van der Waals surface area contributed by atoms with Gasteiger partial charge in [0.1, 0.15) is 0 Å². The van der Waals surface area contributed by atoms with Gasteiger partial charge >= 0.3 is 0 Å². The average Bonchev–Trinajstić information content (AvgIpc) is 2.75. The summed E-state index contributed by atoms with van der Waals surface area (Å²) in [4.78, 5) is 17.7. The molecule has 1 aliphatic rings. The van der Waals surface area contributed by atoms with E-state index < -0.39 is 0 Å². The molecular formula is C11H15N3O2. The van der Waals surface area contributed by atoms with Crippen LogP contribution in [0.3, 0.4) is 0 Å². The van der Waals surface area contributed by atoms with E-state index in [1.54, 1.807) is 23.2 Å². The number of nitrogens with two attached hydrogens (primary N) is 1. The molecule has 0 saturated carbocycles. The SMILES string of the molecule is NCc1cc(C(=O)N2CCC(O)C2)ccn1. The van der Waals surface area contributed by atoms with Crippen LogP contribution in [0, 0.1) is 0 Å². The van der Waals surface area contributed by atoms with E-state index in [2.05, 4.69) is 4.98 Å². The molecule has 16 heavy (non-hydrogen) atoms. The Bertz CT molecular complexity index is 395. The van der Waals surface area contributed by atoms with Crippen molar-refractivity contribution in [1.29, 1.82) is 0 Å². The van der Waals surface area contributed by atoms with Gasteiger partial charge in [-0.15, -0.1) is 0 Å². The molecule has 5 heteroatoms. The van der Waals surface area contributed by atoms with Crippen LogP contribution in [0.2, 0.25) is 0 Å². The number of aliphatic hydroxyl groups excluding tert-OH is 1. The summed E-state index contributed by atoms with van der Waals surface area (Å²) < 4.78 is 0. The van der Waals surface area contributed by atoms with E-state index in [0.717, 1.165) is 0 Å². The van der Waals surface area contributed by atoms with Crippen LogP contribution in [0.5, 0.6) is 0 Å². The fraction of sp³-hybridized carbons (Fsp3) is 0.455. The minimum absolute atomic E-state index is 0.0614. The van der Waals surface area contributed by atoms with Crippen LogP contribution in [0.1, 0.15) is 22.5 Å². The molecule has 5 nitrogen and oxygen atoms in total. The molecule has 86 valence electrons. The molecule has 0 bridgehead atoms. The van der Waals surface area contributed by atoms with Gasteiger partial charge in [0.15, 0.2) is 0 Å². The summed E-state index contributed by atoms with van der Waals surface area (Å²) in [6, 6.07) is 3.37. The van der Waals surface area contributed by atoms with Gasteiger partial charge in [-0.2, -0.15) is 0 Å². The molecule has 2 rings (SSSR count). The molecule has 1 unspecified atom stereocenters. The van der Waals surface area contributed by atoms with Crippen molar-refractivity contribution in [1.82, 2.24) is 9.88 Å². The van der Waals surface area contributed by atoms with Gasteiger partial charge in [-0.25, -0.2) is 0 Å². The van der Waals surface area contributed by atoms with Crippen LogP contribution in [0.4, 0.5) is 0 Å². The first-order chi connectivity index (χ1) is 7.70. The zero-order valence-electron chi connectivity index (χ0n) is 8.97. The van der Waals surface area contributed by atoms with Gasteiger partial charge in [0, 0.05) is 31.4 Å². The van der Waals surface area contributed by atoms with Crippen molar-refractivity contribution in [3.05, 3.63) is 29.6 Å². The summed E-state index contributed by atoms with van der Waals surface area (Å²) in [7, 11) is 0. The Morgan fingerprint density at radius 2 is 2.50 bits per heavy atom. The zero-order chi connectivity index (χ0) is 11.5. The highest BCUT2D eigenvalue weighted by molar-refractivity contribution is 5.94. The number of hydrogen-bond donors (Lipinski definition) is 2. The van der Waals surface area contributed by atoms with Crippen LogP contribution in [0.25, 0.3) is 0 Å². The Kier molecular flexibility index (Phi) is 3.17. The number of likely N-dealkylation sites (tertiary alicyclic amines) is 1. The minimum Gasteiger partial charge on any atom is -0.391 e. The molecule has 1 aromatic heterocycles. The van der Waals surface area contributed by atoms with Gasteiger partial charge in [-0.3, -0.25) is 9.78 Å². The van der Waals surface area contributed by atoms with Crippen molar-refractivity contribution in [3.63, 3.8) is 0 Å². The topological polar surface area (TPSA) is 79.5 Å². The predicted molar refractivity (Wildman–Crippen MR) is 58.7 cm³/mol. The van der Waals surface area contributed by atoms with Crippen molar-refractivity contribution in [2.45, 2.75) is 19.1 Å². The lowest BCUT2D eigenvalue weighted by atomic mass is 10.2. The van der Waals surface area contributed by atoms with E-state index >= 15 is 0 Å². The number of carbonyl (C=O) groups excluding carboxylic acids is 1. The van der Waals surface area contributed by atoms with Gasteiger partial charge in [-0.1, -0.05) is 0 Å². The Labute approximate surface area is 93.9 Å². The van der Waals surface area contributed by atoms with Gasteiger partial charge in [-0.05, 0) is 18.6 Å². The fourth-order valence-electron chi connectivity index (χ4n) is 1.83. The van der Waals surface area contributed by atoms with E-state index in [9.17, 15) is 9.90 Å². The third kappa shape index (κ3) is 2.20. The summed E-state index contributed by atoms with van der Waals surface area (Å²) in [6.45, 7) is 1.35. The third-order valence-corrected chi connectivity index (χ3v) is 2.72. The molecule has 1 atom stereocenters. The Balaban J connectivity index is 2.14. The molecule has 0 aromatic carbocycles. The lowest BCUT2D eigenvalue weighted by molar-refractivity contribution is 0.0764. The maximum absolute atomic E-state index is 12.0. The molecule has 1 saturated heterocycles. The second-order valence-corrected chi connectivity index (χ2v) is 3.93. The molecule has 1 amide bonds. The lowest BCUT2D eigenvalue weighted by Crippen LogP contribution is -2.29. The van der Waals surface area contributed by atoms with Crippen LogP contribution in [-0.4, -0.2) is 40.1 Å². The first kappa shape index (κ1) is 11.0. The van der Waals surface area contributed by atoms with Crippen molar-refractivity contribution in [2.75, 3.05) is 13.1 Å². The Morgan fingerprint density at radius 3 is 3.12 bits per heavy atom. The quantitative estimate of drug-likeness (QED) is 0.721. The van der Waals surface area contributed by atoms with Crippen LogP contribution >= 0.6 is 0 Å². The highest BCUT2D eigenvalue weighted by Crippen LogP contribution is 2.13. The van der Waals surface area contributed by atoms with Gasteiger partial charge in [0.25, 0.3) is 5.91 Å². The molecule has 0 radical (unpaired) electrons. The van der Waals surface area contributed by atoms with E-state index in [-0.39, 0.29) is 12.0 Å². The number of carbonyl (C=O) groups is 1. The van der Waals surface area contributed by atoms with Crippen LogP contribution in [-0.2, 0) is 6.54 Å². The van der Waals surface area contributed by atoms with Crippen molar-refractivity contribution in [2.24, 2.45) is 5.73 Å². The fourth-order valence-corrected chi connectivity index (χ4v) is 1.83. The van der Waals surface area contributed by atoms with Crippen molar-refractivity contribution in [3.8, 4) is 0 Å². The number of hydrogen-bond acceptors (Lipinski definition) is 4. The third-order valence-electron chi connectivity index (χ3n) is 2.72. The number of pyridine rings is 1. The molecule has 0 aliphatic carbocycles. The first-order valence-corrected chi connectivity index (χ1v) is 5.33. The summed E-state index contributed by atoms with van der Waals surface area (Å²) in [5, 5.41) is 9.37. The van der Waals surface area contributed by atoms with Crippen LogP contribution in [0.15, 0.2) is 18.3 Å². The smallest absolute Gasteiger partial charge is 0.254 e. The number of nitrogens with zero attached hydrogens (tertiary/aromatic N) is 2. The summed E-state index contributed by atoms with van der Waals surface area (Å²) in [6.07, 6.45) is 1.85. The van der Waals surface area contributed by atoms with E-state index in [1.165, 1.54) is 0 Å². The van der Waals surface area contributed by atoms with E-state index in [0.29, 0.717) is 37.3 Å². The highest BCUT2D eigenvalue weighted by Gasteiger charge is 2.25. The standard InChI is InChI=1S/C11H15N3O2/c12-6-9-5-8(1-3-13-9)11(16)14-4-2-10(15)7-14/h1,3,5,10,15H,2,4,6-7,12H2. The summed E-state index contributed by atoms with van der Waals surface area (Å²) in [5.74, 6) is -0.0614. The normalized spacial score (nSPS) is 20.1.